The third-order valence-electron chi connectivity index (χ3n) is 3.23. The molecule has 0 bridgehead atoms. The van der Waals surface area contributed by atoms with Gasteiger partial charge >= 0.3 is 0 Å². The summed E-state index contributed by atoms with van der Waals surface area (Å²) in [6.45, 7) is 6.11. The predicted molar refractivity (Wildman–Crippen MR) is 73.5 cm³/mol. The summed E-state index contributed by atoms with van der Waals surface area (Å²) < 4.78 is 16.1. The fraction of sp³-hybridized carbons (Fsp3) is 0.571. The van der Waals surface area contributed by atoms with E-state index in [1.54, 1.807) is 25.4 Å². The molecule has 20 heavy (non-hydrogen) atoms. The van der Waals surface area contributed by atoms with Crippen molar-refractivity contribution < 1.29 is 19.0 Å². The fourth-order valence-electron chi connectivity index (χ4n) is 1.74. The van der Waals surface area contributed by atoms with Gasteiger partial charge in [-0.05, 0) is 26.8 Å². The summed E-state index contributed by atoms with van der Waals surface area (Å²) in [4.78, 5) is 16.4. The van der Waals surface area contributed by atoms with Crippen molar-refractivity contribution in [3.05, 3.63) is 18.3 Å². The van der Waals surface area contributed by atoms with Gasteiger partial charge in [-0.1, -0.05) is 0 Å². The molecule has 1 aromatic rings. The molecule has 0 radical (unpaired) electrons. The van der Waals surface area contributed by atoms with E-state index in [4.69, 9.17) is 14.2 Å². The molecule has 1 aromatic heterocycles. The van der Waals surface area contributed by atoms with E-state index < -0.39 is 11.2 Å². The molecule has 1 fully saturated rings. The van der Waals surface area contributed by atoms with Crippen LogP contribution in [0.4, 0.5) is 5.69 Å². The van der Waals surface area contributed by atoms with Crippen LogP contribution in [0.25, 0.3) is 0 Å². The Labute approximate surface area is 118 Å². The van der Waals surface area contributed by atoms with Crippen molar-refractivity contribution in [2.75, 3.05) is 25.6 Å². The van der Waals surface area contributed by atoms with E-state index in [1.807, 2.05) is 20.8 Å². The van der Waals surface area contributed by atoms with Crippen molar-refractivity contribution in [2.45, 2.75) is 26.6 Å². The second-order valence-electron chi connectivity index (χ2n) is 5.58. The molecule has 0 spiro atoms. The van der Waals surface area contributed by atoms with Crippen LogP contribution < -0.4 is 10.1 Å². The Balaban J connectivity index is 2.00. The molecule has 6 heteroatoms. The first-order chi connectivity index (χ1) is 9.35. The topological polar surface area (TPSA) is 69.7 Å². The number of ether oxygens (including phenoxy) is 3. The van der Waals surface area contributed by atoms with Crippen molar-refractivity contribution in [2.24, 2.45) is 5.41 Å². The summed E-state index contributed by atoms with van der Waals surface area (Å²) in [5.41, 5.74) is -0.100. The van der Waals surface area contributed by atoms with Crippen molar-refractivity contribution >= 4 is 11.6 Å². The van der Waals surface area contributed by atoms with Crippen LogP contribution in [0.15, 0.2) is 18.3 Å². The summed E-state index contributed by atoms with van der Waals surface area (Å²) in [5.74, 6) is -0.290. The second kappa shape index (κ2) is 5.38. The average molecular weight is 280 g/mol. The third-order valence-corrected chi connectivity index (χ3v) is 3.23. The summed E-state index contributed by atoms with van der Waals surface area (Å²) >= 11 is 0. The molecule has 0 saturated carbocycles. The number of anilines is 1. The number of carbonyl (C=O) groups is 1. The Bertz CT molecular complexity index is 474. The maximum absolute atomic E-state index is 12.3. The SMILES string of the molecule is COc1ccc(NC(=O)C2(C)COC(C)(C)OC2)cn1. The van der Waals surface area contributed by atoms with Crippen molar-refractivity contribution in [1.82, 2.24) is 4.98 Å². The maximum Gasteiger partial charge on any atom is 0.235 e. The summed E-state index contributed by atoms with van der Waals surface area (Å²) in [7, 11) is 1.54. The van der Waals surface area contributed by atoms with Gasteiger partial charge in [-0.2, -0.15) is 0 Å². The first-order valence-corrected chi connectivity index (χ1v) is 6.44. The molecule has 1 amide bonds. The van der Waals surface area contributed by atoms with E-state index in [2.05, 4.69) is 10.3 Å². The van der Waals surface area contributed by atoms with E-state index in [0.29, 0.717) is 24.8 Å². The Morgan fingerprint density at radius 3 is 2.45 bits per heavy atom. The lowest BCUT2D eigenvalue weighted by Crippen LogP contribution is -2.50. The Morgan fingerprint density at radius 2 is 1.95 bits per heavy atom. The quantitative estimate of drug-likeness (QED) is 0.914. The first-order valence-electron chi connectivity index (χ1n) is 6.44. The van der Waals surface area contributed by atoms with Gasteiger partial charge in [0, 0.05) is 6.07 Å². The van der Waals surface area contributed by atoms with Crippen molar-refractivity contribution in [1.29, 1.82) is 0 Å². The van der Waals surface area contributed by atoms with Gasteiger partial charge in [0.25, 0.3) is 0 Å². The minimum Gasteiger partial charge on any atom is -0.481 e. The van der Waals surface area contributed by atoms with Crippen molar-refractivity contribution in [3.63, 3.8) is 0 Å². The van der Waals surface area contributed by atoms with Crippen LogP contribution in [0.1, 0.15) is 20.8 Å². The molecular weight excluding hydrogens is 260 g/mol. The van der Waals surface area contributed by atoms with Crippen LogP contribution >= 0.6 is 0 Å². The van der Waals surface area contributed by atoms with E-state index in [-0.39, 0.29) is 5.91 Å². The Hall–Kier alpha value is -1.66. The number of nitrogens with one attached hydrogen (secondary N) is 1. The van der Waals surface area contributed by atoms with Gasteiger partial charge < -0.3 is 19.5 Å². The predicted octanol–water partition coefficient (Wildman–Crippen LogP) is 1.82. The van der Waals surface area contributed by atoms with Crippen LogP contribution in [-0.4, -0.2) is 37.0 Å². The third kappa shape index (κ3) is 3.26. The zero-order chi connectivity index (χ0) is 14.8. The van der Waals surface area contributed by atoms with Crippen LogP contribution in [0.3, 0.4) is 0 Å². The molecule has 1 aliphatic rings. The molecule has 0 unspecified atom stereocenters. The lowest BCUT2D eigenvalue weighted by atomic mass is 9.90. The standard InChI is InChI=1S/C14H20N2O4/c1-13(2)19-8-14(3,9-20-13)12(17)16-10-5-6-11(18-4)15-7-10/h5-7H,8-9H2,1-4H3,(H,16,17). The van der Waals surface area contributed by atoms with E-state index >= 15 is 0 Å². The zero-order valence-corrected chi connectivity index (χ0v) is 12.2. The number of aromatic nitrogens is 1. The molecule has 0 atom stereocenters. The van der Waals surface area contributed by atoms with Gasteiger partial charge in [-0.25, -0.2) is 4.98 Å². The van der Waals surface area contributed by atoms with E-state index in [1.165, 1.54) is 0 Å². The largest absolute Gasteiger partial charge is 0.481 e. The highest BCUT2D eigenvalue weighted by Crippen LogP contribution is 2.30. The highest BCUT2D eigenvalue weighted by molar-refractivity contribution is 5.95. The van der Waals surface area contributed by atoms with E-state index in [9.17, 15) is 4.79 Å². The van der Waals surface area contributed by atoms with Crippen LogP contribution in [0.2, 0.25) is 0 Å². The minimum atomic E-state index is -0.713. The minimum absolute atomic E-state index is 0.153. The zero-order valence-electron chi connectivity index (χ0n) is 12.2. The number of hydrogen-bond donors (Lipinski definition) is 1. The fourth-order valence-corrected chi connectivity index (χ4v) is 1.74. The van der Waals surface area contributed by atoms with Gasteiger partial charge in [0.2, 0.25) is 11.8 Å². The van der Waals surface area contributed by atoms with Crippen molar-refractivity contribution in [3.8, 4) is 5.88 Å². The normalized spacial score (nSPS) is 20.2. The Kier molecular flexibility index (Phi) is 3.96. The van der Waals surface area contributed by atoms with Gasteiger partial charge in [0.1, 0.15) is 0 Å². The molecule has 6 nitrogen and oxygen atoms in total. The second-order valence-corrected chi connectivity index (χ2v) is 5.58. The summed E-state index contributed by atoms with van der Waals surface area (Å²) in [6.07, 6.45) is 1.55. The summed E-state index contributed by atoms with van der Waals surface area (Å²) in [5, 5.41) is 2.81. The lowest BCUT2D eigenvalue weighted by Gasteiger charge is -2.40. The summed E-state index contributed by atoms with van der Waals surface area (Å²) in [6, 6.07) is 3.43. The number of hydrogen-bond acceptors (Lipinski definition) is 5. The van der Waals surface area contributed by atoms with Gasteiger partial charge in [0.15, 0.2) is 5.79 Å². The number of nitrogens with zero attached hydrogens (tertiary/aromatic N) is 1. The highest BCUT2D eigenvalue weighted by Gasteiger charge is 2.42. The molecule has 2 heterocycles. The smallest absolute Gasteiger partial charge is 0.235 e. The number of amides is 1. The average Bonchev–Trinajstić information content (AvgIpc) is 2.43. The molecule has 1 N–H and O–H groups in total. The van der Waals surface area contributed by atoms with Crippen LogP contribution in [0, 0.1) is 5.41 Å². The monoisotopic (exact) mass is 280 g/mol. The molecule has 110 valence electrons. The van der Waals surface area contributed by atoms with Crippen LogP contribution in [0.5, 0.6) is 5.88 Å². The molecule has 2 rings (SSSR count). The number of methoxy groups -OCH3 is 1. The molecule has 1 aliphatic heterocycles. The maximum atomic E-state index is 12.3. The van der Waals surface area contributed by atoms with Gasteiger partial charge in [-0.15, -0.1) is 0 Å². The lowest BCUT2D eigenvalue weighted by molar-refractivity contribution is -0.276. The van der Waals surface area contributed by atoms with Crippen LogP contribution in [-0.2, 0) is 14.3 Å². The first kappa shape index (κ1) is 14.7. The van der Waals surface area contributed by atoms with E-state index in [0.717, 1.165) is 0 Å². The Morgan fingerprint density at radius 1 is 1.30 bits per heavy atom. The number of rotatable bonds is 3. The molecular formula is C14H20N2O4. The highest BCUT2D eigenvalue weighted by atomic mass is 16.7. The van der Waals surface area contributed by atoms with Gasteiger partial charge in [0.05, 0.1) is 37.6 Å². The number of pyridine rings is 1. The van der Waals surface area contributed by atoms with Gasteiger partial charge in [-0.3, -0.25) is 4.79 Å². The molecule has 1 saturated heterocycles. The molecule has 0 aromatic carbocycles. The number of carbonyl (C=O) groups excluding carboxylic acids is 1. The molecule has 0 aliphatic carbocycles.